The molecule has 4 rings (SSSR count). The lowest BCUT2D eigenvalue weighted by atomic mass is 9.79. The number of nitrogens with zero attached hydrogens (tertiary/aromatic N) is 1. The smallest absolute Gasteiger partial charge is 0.403 e. The SMILES string of the molecule is CC1(C)OB([C@H]2C[C@@H]2c2ccc3cnccc3c2)OC1(C)C. The fourth-order valence-electron chi connectivity index (χ4n) is 3.29. The molecule has 2 aliphatic rings. The van der Waals surface area contributed by atoms with E-state index in [2.05, 4.69) is 56.9 Å². The summed E-state index contributed by atoms with van der Waals surface area (Å²) in [4.78, 5) is 4.17. The van der Waals surface area contributed by atoms with Crippen LogP contribution in [0.1, 0.15) is 45.6 Å². The number of benzene rings is 1. The van der Waals surface area contributed by atoms with Crippen LogP contribution in [0, 0.1) is 0 Å². The van der Waals surface area contributed by atoms with Crippen molar-refractivity contribution in [3.63, 3.8) is 0 Å². The number of fused-ring (bicyclic) bond motifs is 1. The van der Waals surface area contributed by atoms with E-state index in [0.717, 1.165) is 6.42 Å². The molecule has 2 heterocycles. The molecule has 0 radical (unpaired) electrons. The lowest BCUT2D eigenvalue weighted by Crippen LogP contribution is -2.41. The summed E-state index contributed by atoms with van der Waals surface area (Å²) in [5, 5.41) is 2.45. The third-order valence-corrected chi connectivity index (χ3v) is 5.55. The van der Waals surface area contributed by atoms with Gasteiger partial charge in [0.2, 0.25) is 0 Å². The van der Waals surface area contributed by atoms with Gasteiger partial charge in [0, 0.05) is 23.6 Å². The van der Waals surface area contributed by atoms with Crippen LogP contribution < -0.4 is 0 Å². The highest BCUT2D eigenvalue weighted by molar-refractivity contribution is 6.49. The molecule has 0 bridgehead atoms. The van der Waals surface area contributed by atoms with Crippen LogP contribution in [0.5, 0.6) is 0 Å². The number of aromatic nitrogens is 1. The van der Waals surface area contributed by atoms with E-state index in [0.29, 0.717) is 11.7 Å². The molecular formula is C18H22BNO2. The molecule has 1 aliphatic carbocycles. The van der Waals surface area contributed by atoms with E-state index in [9.17, 15) is 0 Å². The maximum absolute atomic E-state index is 6.19. The van der Waals surface area contributed by atoms with Gasteiger partial charge in [0.05, 0.1) is 11.2 Å². The number of pyridine rings is 1. The average molecular weight is 295 g/mol. The van der Waals surface area contributed by atoms with Gasteiger partial charge >= 0.3 is 7.12 Å². The maximum Gasteiger partial charge on any atom is 0.461 e. The Bertz CT molecular complexity index is 712. The van der Waals surface area contributed by atoms with E-state index < -0.39 is 0 Å². The van der Waals surface area contributed by atoms with Crippen molar-refractivity contribution in [3.05, 3.63) is 42.2 Å². The molecule has 0 N–H and O–H groups in total. The molecule has 1 saturated carbocycles. The van der Waals surface area contributed by atoms with Crippen LogP contribution in [-0.4, -0.2) is 23.3 Å². The van der Waals surface area contributed by atoms with Gasteiger partial charge in [-0.2, -0.15) is 0 Å². The van der Waals surface area contributed by atoms with E-state index in [1.54, 1.807) is 0 Å². The van der Waals surface area contributed by atoms with Crippen molar-refractivity contribution in [1.29, 1.82) is 0 Å². The third kappa shape index (κ3) is 2.17. The fourth-order valence-corrected chi connectivity index (χ4v) is 3.29. The molecule has 4 heteroatoms. The van der Waals surface area contributed by atoms with Gasteiger partial charge in [0.25, 0.3) is 0 Å². The Labute approximate surface area is 132 Å². The monoisotopic (exact) mass is 295 g/mol. The second kappa shape index (κ2) is 4.56. The highest BCUT2D eigenvalue weighted by Gasteiger charge is 2.59. The first-order chi connectivity index (χ1) is 10.4. The first kappa shape index (κ1) is 14.2. The summed E-state index contributed by atoms with van der Waals surface area (Å²) < 4.78 is 12.4. The van der Waals surface area contributed by atoms with Gasteiger partial charge in [-0.15, -0.1) is 0 Å². The van der Waals surface area contributed by atoms with Crippen LogP contribution >= 0.6 is 0 Å². The van der Waals surface area contributed by atoms with Crippen LogP contribution in [0.3, 0.4) is 0 Å². The molecule has 2 fully saturated rings. The minimum atomic E-state index is -0.236. The topological polar surface area (TPSA) is 31.4 Å². The Morgan fingerprint density at radius 1 is 1.05 bits per heavy atom. The predicted octanol–water partition coefficient (Wildman–Crippen LogP) is 4.18. The first-order valence-corrected chi connectivity index (χ1v) is 8.07. The van der Waals surface area contributed by atoms with E-state index in [4.69, 9.17) is 9.31 Å². The molecule has 114 valence electrons. The molecule has 1 aromatic carbocycles. The Kier molecular flexibility index (Phi) is 2.95. The van der Waals surface area contributed by atoms with Crippen LogP contribution in [0.2, 0.25) is 5.82 Å². The molecule has 0 spiro atoms. The van der Waals surface area contributed by atoms with Crippen LogP contribution in [0.15, 0.2) is 36.7 Å². The van der Waals surface area contributed by atoms with E-state index in [-0.39, 0.29) is 18.3 Å². The fraction of sp³-hybridized carbons (Fsp3) is 0.500. The number of hydrogen-bond donors (Lipinski definition) is 0. The van der Waals surface area contributed by atoms with Gasteiger partial charge in [-0.3, -0.25) is 4.98 Å². The van der Waals surface area contributed by atoms with Crippen molar-refractivity contribution in [2.75, 3.05) is 0 Å². The van der Waals surface area contributed by atoms with Crippen LogP contribution in [0.4, 0.5) is 0 Å². The second-order valence-corrected chi connectivity index (χ2v) is 7.61. The molecule has 2 aromatic rings. The average Bonchev–Trinajstić information content (AvgIpc) is 3.22. The van der Waals surface area contributed by atoms with Gasteiger partial charge in [0.15, 0.2) is 0 Å². The lowest BCUT2D eigenvalue weighted by molar-refractivity contribution is 0.00578. The Balaban J connectivity index is 1.54. The minimum Gasteiger partial charge on any atom is -0.403 e. The largest absolute Gasteiger partial charge is 0.461 e. The first-order valence-electron chi connectivity index (χ1n) is 8.07. The summed E-state index contributed by atoms with van der Waals surface area (Å²) in [6.07, 6.45) is 4.91. The normalized spacial score (nSPS) is 29.0. The van der Waals surface area contributed by atoms with Crippen molar-refractivity contribution in [1.82, 2.24) is 4.98 Å². The quantitative estimate of drug-likeness (QED) is 0.779. The zero-order valence-electron chi connectivity index (χ0n) is 13.7. The maximum atomic E-state index is 6.19. The molecule has 3 nitrogen and oxygen atoms in total. The van der Waals surface area contributed by atoms with Gasteiger partial charge in [-0.1, -0.05) is 18.2 Å². The van der Waals surface area contributed by atoms with Gasteiger partial charge < -0.3 is 9.31 Å². The van der Waals surface area contributed by atoms with Crippen LogP contribution in [-0.2, 0) is 9.31 Å². The zero-order valence-corrected chi connectivity index (χ0v) is 13.7. The summed E-state index contributed by atoms with van der Waals surface area (Å²) in [5.41, 5.74) is 0.915. The Hall–Kier alpha value is -1.39. The van der Waals surface area contributed by atoms with Crippen molar-refractivity contribution in [3.8, 4) is 0 Å². The summed E-state index contributed by atoms with van der Waals surface area (Å²) in [6, 6.07) is 8.75. The van der Waals surface area contributed by atoms with E-state index in [1.807, 2.05) is 12.4 Å². The molecule has 1 aromatic heterocycles. The zero-order chi connectivity index (χ0) is 15.5. The van der Waals surface area contributed by atoms with E-state index in [1.165, 1.54) is 16.3 Å². The van der Waals surface area contributed by atoms with Crippen molar-refractivity contribution in [2.45, 2.75) is 57.1 Å². The van der Waals surface area contributed by atoms with Crippen LogP contribution in [0.25, 0.3) is 10.8 Å². The molecule has 1 aliphatic heterocycles. The lowest BCUT2D eigenvalue weighted by Gasteiger charge is -2.32. The molecular weight excluding hydrogens is 273 g/mol. The van der Waals surface area contributed by atoms with Gasteiger partial charge in [-0.25, -0.2) is 0 Å². The summed E-state index contributed by atoms with van der Waals surface area (Å²) in [6.45, 7) is 8.47. The summed E-state index contributed by atoms with van der Waals surface area (Å²) in [7, 11) is -0.0804. The molecule has 1 saturated heterocycles. The Morgan fingerprint density at radius 2 is 1.77 bits per heavy atom. The van der Waals surface area contributed by atoms with Crippen molar-refractivity contribution < 1.29 is 9.31 Å². The van der Waals surface area contributed by atoms with Crippen molar-refractivity contribution >= 4 is 17.9 Å². The second-order valence-electron chi connectivity index (χ2n) is 7.61. The van der Waals surface area contributed by atoms with E-state index >= 15 is 0 Å². The predicted molar refractivity (Wildman–Crippen MR) is 88.9 cm³/mol. The third-order valence-electron chi connectivity index (χ3n) is 5.55. The van der Waals surface area contributed by atoms with Crippen molar-refractivity contribution in [2.24, 2.45) is 0 Å². The molecule has 2 atom stereocenters. The van der Waals surface area contributed by atoms with Gasteiger partial charge in [0.1, 0.15) is 0 Å². The summed E-state index contributed by atoms with van der Waals surface area (Å²) >= 11 is 0. The standard InChI is InChI=1S/C18H22BNO2/c1-17(2)18(3,4)22-19(21-17)16-10-15(16)13-5-6-14-11-20-8-7-12(14)9-13/h5-9,11,15-16H,10H2,1-4H3/t15-,16+/m1/s1. The molecule has 0 amide bonds. The highest BCUT2D eigenvalue weighted by atomic mass is 16.7. The minimum absolute atomic E-state index is 0.0804. The highest BCUT2D eigenvalue weighted by Crippen LogP contribution is 2.58. The summed E-state index contributed by atoms with van der Waals surface area (Å²) in [5.74, 6) is 1.02. The number of hydrogen-bond acceptors (Lipinski definition) is 3. The molecule has 0 unspecified atom stereocenters. The Morgan fingerprint density at radius 3 is 2.50 bits per heavy atom. The van der Waals surface area contributed by atoms with Gasteiger partial charge in [-0.05, 0) is 57.0 Å². The molecule has 22 heavy (non-hydrogen) atoms. The number of rotatable bonds is 2.